The van der Waals surface area contributed by atoms with Crippen molar-refractivity contribution in [3.05, 3.63) is 53.6 Å². The number of imidazole rings is 1. The number of esters is 1. The molecule has 0 radical (unpaired) electrons. The molecule has 2 aromatic rings. The second-order valence-corrected chi connectivity index (χ2v) is 5.62. The maximum Gasteiger partial charge on any atom is 0.356 e. The number of hydrogen-bond donors (Lipinski definition) is 1. The molecule has 6 heteroatoms. The van der Waals surface area contributed by atoms with Gasteiger partial charge >= 0.3 is 5.97 Å². The zero-order valence-electron chi connectivity index (χ0n) is 12.6. The highest BCUT2D eigenvalue weighted by Crippen LogP contribution is 2.30. The Kier molecular flexibility index (Phi) is 3.75. The largest absolute Gasteiger partial charge is 0.461 e. The lowest BCUT2D eigenvalue weighted by molar-refractivity contribution is 0.0484. The van der Waals surface area contributed by atoms with Crippen molar-refractivity contribution in [3.8, 4) is 0 Å². The third-order valence-electron chi connectivity index (χ3n) is 3.78. The van der Waals surface area contributed by atoms with E-state index in [9.17, 15) is 4.79 Å². The van der Waals surface area contributed by atoms with E-state index in [1.54, 1.807) is 0 Å². The highest BCUT2D eigenvalue weighted by molar-refractivity contribution is 5.87. The van der Waals surface area contributed by atoms with E-state index in [2.05, 4.69) is 20.2 Å². The second kappa shape index (κ2) is 5.71. The third-order valence-corrected chi connectivity index (χ3v) is 3.78. The molecule has 0 fully saturated rings. The molecule has 0 bridgehead atoms. The summed E-state index contributed by atoms with van der Waals surface area (Å²) in [5, 5.41) is 7.76. The molecule has 0 saturated carbocycles. The summed E-state index contributed by atoms with van der Waals surface area (Å²) >= 11 is 0. The molecule has 0 spiro atoms. The Bertz CT molecular complexity index is 687. The SMILES string of the molecule is CC(c1ccccc1)c1ncc(C(=O)OCCC2(C)N=N2)[nH]1. The van der Waals surface area contributed by atoms with Crippen LogP contribution in [0.3, 0.4) is 0 Å². The summed E-state index contributed by atoms with van der Waals surface area (Å²) in [5.41, 5.74) is 1.16. The lowest BCUT2D eigenvalue weighted by atomic mass is 10.0. The summed E-state index contributed by atoms with van der Waals surface area (Å²) in [6, 6.07) is 10.0. The molecular weight excluding hydrogens is 280 g/mol. The van der Waals surface area contributed by atoms with Crippen LogP contribution in [0.1, 0.15) is 48.1 Å². The van der Waals surface area contributed by atoms with Gasteiger partial charge < -0.3 is 9.72 Å². The molecule has 114 valence electrons. The molecule has 2 heterocycles. The smallest absolute Gasteiger partial charge is 0.356 e. The van der Waals surface area contributed by atoms with Gasteiger partial charge in [0.1, 0.15) is 11.5 Å². The van der Waals surface area contributed by atoms with Crippen LogP contribution in [0.15, 0.2) is 46.8 Å². The molecule has 22 heavy (non-hydrogen) atoms. The van der Waals surface area contributed by atoms with E-state index in [0.717, 1.165) is 11.4 Å². The first kappa shape index (κ1) is 14.4. The van der Waals surface area contributed by atoms with E-state index in [-0.39, 0.29) is 11.6 Å². The Labute approximate surface area is 128 Å². The monoisotopic (exact) mass is 298 g/mol. The predicted octanol–water partition coefficient (Wildman–Crippen LogP) is 3.29. The molecule has 6 nitrogen and oxygen atoms in total. The molecule has 1 unspecified atom stereocenters. The van der Waals surface area contributed by atoms with Crippen LogP contribution in [0.5, 0.6) is 0 Å². The average Bonchev–Trinajstić information content (AvgIpc) is 3.07. The van der Waals surface area contributed by atoms with Crippen LogP contribution >= 0.6 is 0 Å². The van der Waals surface area contributed by atoms with Crippen molar-refractivity contribution in [1.29, 1.82) is 0 Å². The normalized spacial score (nSPS) is 16.3. The number of nitrogens with zero attached hydrogens (tertiary/aromatic N) is 3. The van der Waals surface area contributed by atoms with Crippen molar-refractivity contribution >= 4 is 5.97 Å². The number of aromatic amines is 1. The van der Waals surface area contributed by atoms with Crippen molar-refractivity contribution < 1.29 is 9.53 Å². The summed E-state index contributed by atoms with van der Waals surface area (Å²) in [5.74, 6) is 0.436. The molecular formula is C16H18N4O2. The molecule has 1 N–H and O–H groups in total. The fraction of sp³-hybridized carbons (Fsp3) is 0.375. The Morgan fingerprint density at radius 2 is 2.05 bits per heavy atom. The highest BCUT2D eigenvalue weighted by Gasteiger charge is 2.33. The lowest BCUT2D eigenvalue weighted by Crippen LogP contribution is -2.13. The van der Waals surface area contributed by atoms with Gasteiger partial charge in [0, 0.05) is 12.3 Å². The van der Waals surface area contributed by atoms with Gasteiger partial charge in [0.25, 0.3) is 0 Å². The molecule has 1 aliphatic rings. The number of benzene rings is 1. The minimum absolute atomic E-state index is 0.0886. The molecule has 0 saturated heterocycles. The average molecular weight is 298 g/mol. The zero-order chi connectivity index (χ0) is 15.6. The standard InChI is InChI=1S/C16H18N4O2/c1-11(12-6-4-3-5-7-12)14-17-10-13(18-14)15(21)22-9-8-16(2)19-20-16/h3-7,10-11H,8-9H2,1-2H3,(H,17,18). The first-order valence-electron chi connectivity index (χ1n) is 7.28. The van der Waals surface area contributed by atoms with Crippen LogP contribution < -0.4 is 0 Å². The van der Waals surface area contributed by atoms with Crippen molar-refractivity contribution in [2.75, 3.05) is 6.61 Å². The quantitative estimate of drug-likeness (QED) is 0.831. The van der Waals surface area contributed by atoms with Gasteiger partial charge in [0.15, 0.2) is 5.66 Å². The van der Waals surface area contributed by atoms with Gasteiger partial charge in [-0.15, -0.1) is 0 Å². The van der Waals surface area contributed by atoms with Crippen LogP contribution in [0, 0.1) is 0 Å². The van der Waals surface area contributed by atoms with E-state index in [0.29, 0.717) is 18.7 Å². The molecule has 0 aliphatic carbocycles. The number of hydrogen-bond acceptors (Lipinski definition) is 5. The summed E-state index contributed by atoms with van der Waals surface area (Å²) < 4.78 is 5.21. The lowest BCUT2D eigenvalue weighted by Gasteiger charge is -2.08. The van der Waals surface area contributed by atoms with Gasteiger partial charge in [-0.1, -0.05) is 37.3 Å². The number of carbonyl (C=O) groups excluding carboxylic acids is 1. The van der Waals surface area contributed by atoms with Crippen molar-refractivity contribution in [2.24, 2.45) is 10.2 Å². The number of nitrogens with one attached hydrogen (secondary N) is 1. The molecule has 1 aliphatic heterocycles. The number of carbonyl (C=O) groups is 1. The summed E-state index contributed by atoms with van der Waals surface area (Å²) in [6.07, 6.45) is 2.13. The Hall–Kier alpha value is -2.50. The van der Waals surface area contributed by atoms with E-state index >= 15 is 0 Å². The fourth-order valence-electron chi connectivity index (χ4n) is 2.16. The Balaban J connectivity index is 1.59. The molecule has 1 atom stereocenters. The number of aromatic nitrogens is 2. The Morgan fingerprint density at radius 3 is 2.73 bits per heavy atom. The van der Waals surface area contributed by atoms with E-state index < -0.39 is 5.97 Å². The minimum atomic E-state index is -0.400. The summed E-state index contributed by atoms with van der Waals surface area (Å²) in [4.78, 5) is 19.3. The van der Waals surface area contributed by atoms with Crippen molar-refractivity contribution in [2.45, 2.75) is 31.8 Å². The first-order valence-corrected chi connectivity index (χ1v) is 7.28. The number of ether oxygens (including phenoxy) is 1. The number of H-pyrrole nitrogens is 1. The second-order valence-electron chi connectivity index (χ2n) is 5.62. The van der Waals surface area contributed by atoms with Gasteiger partial charge in [-0.25, -0.2) is 9.78 Å². The highest BCUT2D eigenvalue weighted by atomic mass is 16.5. The maximum atomic E-state index is 12.0. The van der Waals surface area contributed by atoms with Gasteiger partial charge in [-0.3, -0.25) is 0 Å². The van der Waals surface area contributed by atoms with Crippen LogP contribution in [0.25, 0.3) is 0 Å². The van der Waals surface area contributed by atoms with Gasteiger partial charge in [0.2, 0.25) is 0 Å². The fourth-order valence-corrected chi connectivity index (χ4v) is 2.16. The summed E-state index contributed by atoms with van der Waals surface area (Å²) in [6.45, 7) is 4.24. The summed E-state index contributed by atoms with van der Waals surface area (Å²) in [7, 11) is 0. The first-order chi connectivity index (χ1) is 10.6. The third kappa shape index (κ3) is 3.21. The number of rotatable bonds is 6. The maximum absolute atomic E-state index is 12.0. The van der Waals surface area contributed by atoms with Gasteiger partial charge in [-0.2, -0.15) is 10.2 Å². The van der Waals surface area contributed by atoms with E-state index in [4.69, 9.17) is 4.74 Å². The van der Waals surface area contributed by atoms with Crippen molar-refractivity contribution in [3.63, 3.8) is 0 Å². The zero-order valence-corrected chi connectivity index (χ0v) is 12.6. The van der Waals surface area contributed by atoms with Crippen molar-refractivity contribution in [1.82, 2.24) is 9.97 Å². The van der Waals surface area contributed by atoms with Crippen LogP contribution in [-0.2, 0) is 4.74 Å². The van der Waals surface area contributed by atoms with Crippen LogP contribution in [0.4, 0.5) is 0 Å². The molecule has 3 rings (SSSR count). The van der Waals surface area contributed by atoms with Crippen LogP contribution in [-0.4, -0.2) is 28.2 Å². The van der Waals surface area contributed by atoms with Gasteiger partial charge in [0.05, 0.1) is 12.8 Å². The molecule has 1 aromatic carbocycles. The molecule has 0 amide bonds. The van der Waals surface area contributed by atoms with Crippen LogP contribution in [0.2, 0.25) is 0 Å². The topological polar surface area (TPSA) is 79.7 Å². The Morgan fingerprint density at radius 1 is 1.32 bits per heavy atom. The molecule has 1 aromatic heterocycles. The predicted molar refractivity (Wildman–Crippen MR) is 80.7 cm³/mol. The van der Waals surface area contributed by atoms with E-state index in [1.165, 1.54) is 6.20 Å². The minimum Gasteiger partial charge on any atom is -0.461 e. The van der Waals surface area contributed by atoms with Gasteiger partial charge in [-0.05, 0) is 12.5 Å². The van der Waals surface area contributed by atoms with E-state index in [1.807, 2.05) is 44.2 Å².